The minimum Gasteiger partial charge on any atom is -0.315 e. The molecule has 2 rings (SSSR count). The fourth-order valence-electron chi connectivity index (χ4n) is 1.88. The molecule has 0 fully saturated rings. The molecule has 0 spiro atoms. The maximum Gasteiger partial charge on any atom is 0.244 e. The minimum atomic E-state index is -3.31. The molecule has 2 heterocycles. The van der Waals surface area contributed by atoms with E-state index >= 15 is 0 Å². The summed E-state index contributed by atoms with van der Waals surface area (Å²) in [7, 11) is -1.46. The first-order chi connectivity index (χ1) is 8.54. The van der Waals surface area contributed by atoms with Crippen LogP contribution in [0.15, 0.2) is 28.0 Å². The van der Waals surface area contributed by atoms with Crippen LogP contribution in [0.1, 0.15) is 18.2 Å². The van der Waals surface area contributed by atoms with Gasteiger partial charge in [-0.2, -0.15) is 4.31 Å². The predicted octanol–water partition coefficient (Wildman–Crippen LogP) is 1.81. The highest BCUT2D eigenvalue weighted by atomic mass is 32.2. The maximum absolute atomic E-state index is 12.4. The lowest BCUT2D eigenvalue weighted by Gasteiger charge is -2.24. The van der Waals surface area contributed by atoms with Gasteiger partial charge < -0.3 is 5.32 Å². The molecule has 1 aromatic rings. The van der Waals surface area contributed by atoms with Gasteiger partial charge in [-0.25, -0.2) is 8.42 Å². The summed E-state index contributed by atoms with van der Waals surface area (Å²) >= 11 is 1.48. The standard InChI is InChI=1S/C12H18N2O2S2/c1-10-3-5-14(6-4-10)18(15,16)12-7-11(8-13-2)17-9-12/h3,7,9,13H,4-6,8H2,1-2H3. The molecule has 0 unspecified atom stereocenters. The van der Waals surface area contributed by atoms with E-state index in [0.29, 0.717) is 24.5 Å². The van der Waals surface area contributed by atoms with Crippen molar-refractivity contribution in [3.05, 3.63) is 28.0 Å². The lowest BCUT2D eigenvalue weighted by molar-refractivity contribution is 0.431. The Balaban J connectivity index is 2.19. The molecular formula is C12H18N2O2S2. The van der Waals surface area contributed by atoms with Crippen molar-refractivity contribution < 1.29 is 8.42 Å². The number of sulfonamides is 1. The number of hydrogen-bond donors (Lipinski definition) is 1. The van der Waals surface area contributed by atoms with Gasteiger partial charge >= 0.3 is 0 Å². The van der Waals surface area contributed by atoms with Gasteiger partial charge in [0.15, 0.2) is 0 Å². The zero-order chi connectivity index (χ0) is 13.2. The smallest absolute Gasteiger partial charge is 0.244 e. The quantitative estimate of drug-likeness (QED) is 0.859. The molecule has 0 bridgehead atoms. The summed E-state index contributed by atoms with van der Waals surface area (Å²) in [6.45, 7) is 3.83. The molecule has 1 aliphatic rings. The van der Waals surface area contributed by atoms with Crippen molar-refractivity contribution in [2.24, 2.45) is 0 Å². The van der Waals surface area contributed by atoms with Crippen LogP contribution in [0.4, 0.5) is 0 Å². The van der Waals surface area contributed by atoms with E-state index in [1.54, 1.807) is 15.8 Å². The van der Waals surface area contributed by atoms with Crippen molar-refractivity contribution in [1.82, 2.24) is 9.62 Å². The summed E-state index contributed by atoms with van der Waals surface area (Å²) in [5.74, 6) is 0. The van der Waals surface area contributed by atoms with Gasteiger partial charge in [0.05, 0.1) is 4.90 Å². The second kappa shape index (κ2) is 5.52. The van der Waals surface area contributed by atoms with Gasteiger partial charge in [-0.05, 0) is 26.5 Å². The van der Waals surface area contributed by atoms with Crippen LogP contribution >= 0.6 is 11.3 Å². The summed E-state index contributed by atoms with van der Waals surface area (Å²) in [5.41, 5.74) is 1.27. The number of nitrogens with zero attached hydrogens (tertiary/aromatic N) is 1. The van der Waals surface area contributed by atoms with Crippen molar-refractivity contribution in [3.63, 3.8) is 0 Å². The topological polar surface area (TPSA) is 49.4 Å². The highest BCUT2D eigenvalue weighted by Gasteiger charge is 2.26. The molecular weight excluding hydrogens is 268 g/mol. The molecule has 0 aromatic carbocycles. The van der Waals surface area contributed by atoms with Crippen molar-refractivity contribution >= 4 is 21.4 Å². The van der Waals surface area contributed by atoms with Gasteiger partial charge in [-0.15, -0.1) is 11.3 Å². The van der Waals surface area contributed by atoms with Gasteiger partial charge in [-0.1, -0.05) is 11.6 Å². The van der Waals surface area contributed by atoms with Gasteiger partial charge in [-0.3, -0.25) is 0 Å². The molecule has 0 radical (unpaired) electrons. The van der Waals surface area contributed by atoms with Crippen LogP contribution in [0.25, 0.3) is 0 Å². The Kier molecular flexibility index (Phi) is 4.21. The molecule has 18 heavy (non-hydrogen) atoms. The minimum absolute atomic E-state index is 0.422. The Morgan fingerprint density at radius 1 is 1.50 bits per heavy atom. The number of hydrogen-bond acceptors (Lipinski definition) is 4. The average molecular weight is 286 g/mol. The molecule has 1 N–H and O–H groups in total. The van der Waals surface area contributed by atoms with Crippen LogP contribution in [-0.2, 0) is 16.6 Å². The monoisotopic (exact) mass is 286 g/mol. The zero-order valence-corrected chi connectivity index (χ0v) is 12.3. The SMILES string of the molecule is CNCc1cc(S(=O)(=O)N2CC=C(C)CC2)cs1. The predicted molar refractivity (Wildman–Crippen MR) is 74.2 cm³/mol. The molecule has 0 atom stereocenters. The second-order valence-electron chi connectivity index (χ2n) is 4.44. The number of rotatable bonds is 4. The normalized spacial score (nSPS) is 17.8. The Bertz CT molecular complexity index is 546. The molecule has 4 nitrogen and oxygen atoms in total. The van der Waals surface area contributed by atoms with E-state index in [-0.39, 0.29) is 0 Å². The van der Waals surface area contributed by atoms with Crippen LogP contribution in [0, 0.1) is 0 Å². The third-order valence-electron chi connectivity index (χ3n) is 3.02. The van der Waals surface area contributed by atoms with Gasteiger partial charge in [0, 0.05) is 29.9 Å². The third kappa shape index (κ3) is 2.83. The van der Waals surface area contributed by atoms with Crippen LogP contribution in [0.3, 0.4) is 0 Å². The lowest BCUT2D eigenvalue weighted by atomic mass is 10.1. The van der Waals surface area contributed by atoms with Crippen LogP contribution < -0.4 is 5.32 Å². The summed E-state index contributed by atoms with van der Waals surface area (Å²) in [4.78, 5) is 1.46. The van der Waals surface area contributed by atoms with E-state index in [2.05, 4.69) is 5.32 Å². The number of thiophene rings is 1. The summed E-state index contributed by atoms with van der Waals surface area (Å²) in [6, 6.07) is 1.77. The van der Waals surface area contributed by atoms with Crippen molar-refractivity contribution in [1.29, 1.82) is 0 Å². The molecule has 0 saturated carbocycles. The summed E-state index contributed by atoms with van der Waals surface area (Å²) in [6.07, 6.45) is 2.81. The van der Waals surface area contributed by atoms with Crippen LogP contribution in [0.2, 0.25) is 0 Å². The van der Waals surface area contributed by atoms with Gasteiger partial charge in [0.25, 0.3) is 0 Å². The highest BCUT2D eigenvalue weighted by Crippen LogP contribution is 2.24. The van der Waals surface area contributed by atoms with E-state index < -0.39 is 10.0 Å². The fourth-order valence-corrected chi connectivity index (χ4v) is 4.54. The molecule has 0 saturated heterocycles. The molecule has 0 amide bonds. The first-order valence-corrected chi connectivity index (χ1v) is 8.24. The summed E-state index contributed by atoms with van der Waals surface area (Å²) in [5, 5.41) is 4.76. The number of nitrogens with one attached hydrogen (secondary N) is 1. The maximum atomic E-state index is 12.4. The van der Waals surface area contributed by atoms with Crippen LogP contribution in [0.5, 0.6) is 0 Å². The second-order valence-corrected chi connectivity index (χ2v) is 7.38. The Morgan fingerprint density at radius 2 is 2.28 bits per heavy atom. The zero-order valence-electron chi connectivity index (χ0n) is 10.6. The van der Waals surface area contributed by atoms with E-state index in [1.165, 1.54) is 16.9 Å². The van der Waals surface area contributed by atoms with E-state index in [0.717, 1.165) is 11.3 Å². The molecule has 1 aliphatic heterocycles. The molecule has 1 aromatic heterocycles. The van der Waals surface area contributed by atoms with E-state index in [9.17, 15) is 8.42 Å². The first-order valence-electron chi connectivity index (χ1n) is 5.92. The fraction of sp³-hybridized carbons (Fsp3) is 0.500. The van der Waals surface area contributed by atoms with Crippen molar-refractivity contribution in [2.45, 2.75) is 24.8 Å². The lowest BCUT2D eigenvalue weighted by Crippen LogP contribution is -2.34. The molecule has 6 heteroatoms. The van der Waals surface area contributed by atoms with Crippen LogP contribution in [-0.4, -0.2) is 32.9 Å². The average Bonchev–Trinajstić information content (AvgIpc) is 2.79. The van der Waals surface area contributed by atoms with E-state index in [1.807, 2.05) is 20.0 Å². The highest BCUT2D eigenvalue weighted by molar-refractivity contribution is 7.89. The Hall–Kier alpha value is -0.690. The molecule has 100 valence electrons. The molecule has 0 aliphatic carbocycles. The third-order valence-corrected chi connectivity index (χ3v) is 5.95. The van der Waals surface area contributed by atoms with E-state index in [4.69, 9.17) is 0 Å². The summed E-state index contributed by atoms with van der Waals surface area (Å²) < 4.78 is 26.3. The largest absolute Gasteiger partial charge is 0.315 e. The van der Waals surface area contributed by atoms with Crippen molar-refractivity contribution in [2.75, 3.05) is 20.1 Å². The van der Waals surface area contributed by atoms with Crippen molar-refractivity contribution in [3.8, 4) is 0 Å². The Labute approximate surface area is 112 Å². The van der Waals surface area contributed by atoms with Gasteiger partial charge in [0.1, 0.15) is 0 Å². The Morgan fingerprint density at radius 3 is 2.89 bits per heavy atom. The first kappa shape index (κ1) is 13.7. The van der Waals surface area contributed by atoms with Gasteiger partial charge in [0.2, 0.25) is 10.0 Å².